The molecule has 0 saturated heterocycles. The second-order valence-corrected chi connectivity index (χ2v) is 4.20. The lowest BCUT2D eigenvalue weighted by molar-refractivity contribution is 0.0615. The summed E-state index contributed by atoms with van der Waals surface area (Å²) in [6.45, 7) is 1.94. The molecule has 0 N–H and O–H groups in total. The first-order valence-electron chi connectivity index (χ1n) is 6.76. The molecule has 0 unspecified atom stereocenters. The van der Waals surface area contributed by atoms with Crippen LogP contribution in [0.2, 0.25) is 0 Å². The number of aliphatic imine (C=N–C) groups is 1. The van der Waals surface area contributed by atoms with Crippen LogP contribution in [0.25, 0.3) is 0 Å². The van der Waals surface area contributed by atoms with Crippen molar-refractivity contribution in [3.05, 3.63) is 71.8 Å². The van der Waals surface area contributed by atoms with Crippen molar-refractivity contribution >= 4 is 11.9 Å². The first-order chi connectivity index (χ1) is 10.3. The third kappa shape index (κ3) is 4.45. The number of hydrogen-bond donors (Lipinski definition) is 0. The minimum Gasteiger partial charge on any atom is -0.435 e. The van der Waals surface area contributed by atoms with Gasteiger partial charge in [0.15, 0.2) is 6.73 Å². The molecule has 0 bridgehead atoms. The molecular formula is C17H17NO3. The third-order valence-corrected chi connectivity index (χ3v) is 2.76. The maximum Gasteiger partial charge on any atom is 0.510 e. The molecule has 4 heteroatoms. The van der Waals surface area contributed by atoms with Crippen molar-refractivity contribution in [1.82, 2.24) is 0 Å². The van der Waals surface area contributed by atoms with Crippen LogP contribution in [0, 0.1) is 0 Å². The Labute approximate surface area is 124 Å². The SMILES string of the molecule is CCOC(=O)OCN=C(c1ccccc1)c1ccccc1. The van der Waals surface area contributed by atoms with Gasteiger partial charge in [0, 0.05) is 11.1 Å². The van der Waals surface area contributed by atoms with Crippen molar-refractivity contribution in [1.29, 1.82) is 0 Å². The molecule has 0 radical (unpaired) electrons. The van der Waals surface area contributed by atoms with Gasteiger partial charge in [0.2, 0.25) is 0 Å². The van der Waals surface area contributed by atoms with E-state index in [0.29, 0.717) is 0 Å². The highest BCUT2D eigenvalue weighted by atomic mass is 16.7. The lowest BCUT2D eigenvalue weighted by atomic mass is 10.0. The van der Waals surface area contributed by atoms with Crippen molar-refractivity contribution in [3.63, 3.8) is 0 Å². The summed E-state index contributed by atoms with van der Waals surface area (Å²) in [4.78, 5) is 15.6. The standard InChI is InChI=1S/C17H17NO3/c1-2-20-17(19)21-13-18-16(14-9-5-3-6-10-14)15-11-7-4-8-12-15/h3-12H,2,13H2,1H3. The van der Waals surface area contributed by atoms with Gasteiger partial charge in [-0.25, -0.2) is 9.79 Å². The van der Waals surface area contributed by atoms with Gasteiger partial charge in [0.05, 0.1) is 12.3 Å². The van der Waals surface area contributed by atoms with E-state index in [1.165, 1.54) is 0 Å². The summed E-state index contributed by atoms with van der Waals surface area (Å²) in [5, 5.41) is 0. The van der Waals surface area contributed by atoms with Gasteiger partial charge >= 0.3 is 6.16 Å². The van der Waals surface area contributed by atoms with E-state index in [1.807, 2.05) is 60.7 Å². The molecule has 108 valence electrons. The van der Waals surface area contributed by atoms with Crippen molar-refractivity contribution in [2.24, 2.45) is 4.99 Å². The van der Waals surface area contributed by atoms with Crippen LogP contribution in [0.5, 0.6) is 0 Å². The van der Waals surface area contributed by atoms with Crippen molar-refractivity contribution in [2.75, 3.05) is 13.3 Å². The van der Waals surface area contributed by atoms with Gasteiger partial charge in [0.25, 0.3) is 0 Å². The molecule has 0 saturated carbocycles. The van der Waals surface area contributed by atoms with Gasteiger partial charge in [-0.15, -0.1) is 0 Å². The highest BCUT2D eigenvalue weighted by molar-refractivity contribution is 6.12. The Bertz CT molecular complexity index is 552. The van der Waals surface area contributed by atoms with Crippen molar-refractivity contribution in [3.8, 4) is 0 Å². The Balaban J connectivity index is 2.19. The molecule has 0 aliphatic heterocycles. The molecule has 2 aromatic rings. The lowest BCUT2D eigenvalue weighted by Gasteiger charge is -2.08. The lowest BCUT2D eigenvalue weighted by Crippen LogP contribution is -2.10. The number of hydrogen-bond acceptors (Lipinski definition) is 4. The predicted octanol–water partition coefficient (Wildman–Crippen LogP) is 3.65. The van der Waals surface area contributed by atoms with E-state index in [9.17, 15) is 4.79 Å². The minimum absolute atomic E-state index is 0.0715. The fourth-order valence-electron chi connectivity index (χ4n) is 1.85. The first-order valence-corrected chi connectivity index (χ1v) is 6.76. The molecule has 0 aliphatic rings. The molecule has 0 amide bonds. The summed E-state index contributed by atoms with van der Waals surface area (Å²) in [5.41, 5.74) is 2.72. The molecule has 21 heavy (non-hydrogen) atoms. The summed E-state index contributed by atoms with van der Waals surface area (Å²) < 4.78 is 9.61. The quantitative estimate of drug-likeness (QED) is 0.621. The number of benzene rings is 2. The first kappa shape index (κ1) is 14.8. The highest BCUT2D eigenvalue weighted by Gasteiger charge is 2.07. The summed E-state index contributed by atoms with van der Waals surface area (Å²) in [5.74, 6) is 0. The molecule has 0 fully saturated rings. The molecule has 2 rings (SSSR count). The fourth-order valence-corrected chi connectivity index (χ4v) is 1.85. The monoisotopic (exact) mass is 283 g/mol. The maximum absolute atomic E-state index is 11.2. The summed E-state index contributed by atoms with van der Waals surface area (Å²) in [7, 11) is 0. The van der Waals surface area contributed by atoms with Crippen LogP contribution < -0.4 is 0 Å². The molecule has 2 aromatic carbocycles. The van der Waals surface area contributed by atoms with E-state index in [0.717, 1.165) is 16.8 Å². The summed E-state index contributed by atoms with van der Waals surface area (Å²) in [6, 6.07) is 19.5. The third-order valence-electron chi connectivity index (χ3n) is 2.76. The minimum atomic E-state index is -0.707. The molecule has 0 atom stereocenters. The van der Waals surface area contributed by atoms with E-state index in [-0.39, 0.29) is 13.3 Å². The van der Waals surface area contributed by atoms with E-state index in [1.54, 1.807) is 6.92 Å². The van der Waals surface area contributed by atoms with E-state index in [2.05, 4.69) is 4.99 Å². The maximum atomic E-state index is 11.2. The smallest absolute Gasteiger partial charge is 0.435 e. The molecule has 4 nitrogen and oxygen atoms in total. The normalized spacial score (nSPS) is 9.76. The fraction of sp³-hybridized carbons (Fsp3) is 0.176. The van der Waals surface area contributed by atoms with Crippen molar-refractivity contribution < 1.29 is 14.3 Å². The number of nitrogens with zero attached hydrogens (tertiary/aromatic N) is 1. The molecule has 0 aromatic heterocycles. The number of rotatable bonds is 5. The van der Waals surface area contributed by atoms with Crippen LogP contribution in [-0.2, 0) is 9.47 Å². The number of ether oxygens (including phenoxy) is 2. The van der Waals surface area contributed by atoms with Crippen LogP contribution in [0.1, 0.15) is 18.1 Å². The zero-order chi connectivity index (χ0) is 14.9. The molecule has 0 aliphatic carbocycles. The second-order valence-electron chi connectivity index (χ2n) is 4.20. The van der Waals surface area contributed by atoms with Crippen LogP contribution in [0.3, 0.4) is 0 Å². The van der Waals surface area contributed by atoms with Gasteiger partial charge in [-0.05, 0) is 6.92 Å². The van der Waals surface area contributed by atoms with Crippen LogP contribution in [0.4, 0.5) is 4.79 Å². The Morgan fingerprint density at radius 2 is 1.43 bits per heavy atom. The average molecular weight is 283 g/mol. The number of carbonyl (C=O) groups is 1. The molecular weight excluding hydrogens is 266 g/mol. The second kappa shape index (κ2) is 7.85. The Kier molecular flexibility index (Phi) is 5.52. The van der Waals surface area contributed by atoms with Gasteiger partial charge in [0.1, 0.15) is 0 Å². The summed E-state index contributed by atoms with van der Waals surface area (Å²) in [6.07, 6.45) is -0.707. The number of carbonyl (C=O) groups excluding carboxylic acids is 1. The zero-order valence-electron chi connectivity index (χ0n) is 11.9. The Morgan fingerprint density at radius 3 is 1.90 bits per heavy atom. The Hall–Kier alpha value is -2.62. The average Bonchev–Trinajstić information content (AvgIpc) is 2.53. The van der Waals surface area contributed by atoms with Crippen LogP contribution in [0.15, 0.2) is 65.7 Å². The Morgan fingerprint density at radius 1 is 0.905 bits per heavy atom. The topological polar surface area (TPSA) is 47.9 Å². The van der Waals surface area contributed by atoms with E-state index >= 15 is 0 Å². The van der Waals surface area contributed by atoms with Crippen LogP contribution in [-0.4, -0.2) is 25.2 Å². The van der Waals surface area contributed by atoms with Gasteiger partial charge in [-0.3, -0.25) is 0 Å². The molecule has 0 spiro atoms. The van der Waals surface area contributed by atoms with Gasteiger partial charge in [-0.1, -0.05) is 60.7 Å². The highest BCUT2D eigenvalue weighted by Crippen LogP contribution is 2.11. The van der Waals surface area contributed by atoms with Gasteiger partial charge in [-0.2, -0.15) is 0 Å². The largest absolute Gasteiger partial charge is 0.510 e. The summed E-state index contributed by atoms with van der Waals surface area (Å²) >= 11 is 0. The van der Waals surface area contributed by atoms with Gasteiger partial charge < -0.3 is 9.47 Å². The van der Waals surface area contributed by atoms with Crippen LogP contribution >= 0.6 is 0 Å². The van der Waals surface area contributed by atoms with Crippen molar-refractivity contribution in [2.45, 2.75) is 6.92 Å². The predicted molar refractivity (Wildman–Crippen MR) is 81.5 cm³/mol. The van der Waals surface area contributed by atoms with E-state index < -0.39 is 6.16 Å². The zero-order valence-corrected chi connectivity index (χ0v) is 11.9. The molecule has 0 heterocycles. The van der Waals surface area contributed by atoms with E-state index in [4.69, 9.17) is 9.47 Å².